The Morgan fingerprint density at radius 2 is 1.82 bits per heavy atom. The Kier molecular flexibility index (Phi) is 7.43. The largest absolute Gasteiger partial charge is 0.480 e. The monoisotopic (exact) mass is 622 g/mol. The molecule has 3 aromatic rings. The number of fused-ring (bicyclic) bond motifs is 2. The van der Waals surface area contributed by atoms with Crippen molar-refractivity contribution in [2.24, 2.45) is 0 Å². The summed E-state index contributed by atoms with van der Waals surface area (Å²) in [6, 6.07) is 11.4. The van der Waals surface area contributed by atoms with Crippen LogP contribution in [0.25, 0.3) is 11.1 Å². The Balaban J connectivity index is 1.57. The van der Waals surface area contributed by atoms with E-state index in [4.69, 9.17) is 21.1 Å². The van der Waals surface area contributed by atoms with Crippen molar-refractivity contribution in [3.63, 3.8) is 0 Å². The van der Waals surface area contributed by atoms with Crippen LogP contribution in [0.5, 0.6) is 5.75 Å². The van der Waals surface area contributed by atoms with Crippen LogP contribution in [0.2, 0.25) is 5.02 Å². The number of amides is 2. The first-order valence-corrected chi connectivity index (χ1v) is 15.1. The fourth-order valence-electron chi connectivity index (χ4n) is 6.83. The Bertz CT molecular complexity index is 1700. The highest BCUT2D eigenvalue weighted by Crippen LogP contribution is 2.53. The standard InChI is InChI=1S/C34H33ClF2N2O5/c1-33(2,3)44-32(42)39-14-8-11-26(39)34(18-9-6-5-7-10-18)17-22-25(43-34)16-23(36)29(35)27(22)28-21(31(41)38-4)15-20-19(30(28)37)12-13-24(20)40/h5-7,9-10,15-16,26H,8,11-14,17H2,1-4H3,(H,38,41)/t26-,34-/m0/s1. The van der Waals surface area contributed by atoms with E-state index in [2.05, 4.69) is 5.32 Å². The third kappa shape index (κ3) is 4.82. The van der Waals surface area contributed by atoms with Crippen LogP contribution in [-0.2, 0) is 23.2 Å². The van der Waals surface area contributed by atoms with Crippen LogP contribution in [0.15, 0.2) is 42.5 Å². The van der Waals surface area contributed by atoms with Gasteiger partial charge in [0.2, 0.25) is 0 Å². The minimum Gasteiger partial charge on any atom is -0.480 e. The smallest absolute Gasteiger partial charge is 0.410 e. The quantitative estimate of drug-likeness (QED) is 0.339. The highest BCUT2D eigenvalue weighted by atomic mass is 35.5. The van der Waals surface area contributed by atoms with Gasteiger partial charge in [0.1, 0.15) is 23.0 Å². The van der Waals surface area contributed by atoms with Crippen LogP contribution < -0.4 is 10.1 Å². The number of rotatable bonds is 4. The molecule has 2 aliphatic heterocycles. The maximum Gasteiger partial charge on any atom is 0.410 e. The molecule has 0 saturated carbocycles. The molecule has 230 valence electrons. The van der Waals surface area contributed by atoms with E-state index in [0.29, 0.717) is 24.9 Å². The molecule has 0 aromatic heterocycles. The lowest BCUT2D eigenvalue weighted by atomic mass is 9.79. The number of Topliss-reactive ketones (excluding diaryl/α,β-unsaturated/α-hetero) is 1. The number of ketones is 1. The van der Waals surface area contributed by atoms with Gasteiger partial charge < -0.3 is 19.7 Å². The molecule has 3 aliphatic rings. The van der Waals surface area contributed by atoms with E-state index in [1.54, 1.807) is 25.7 Å². The van der Waals surface area contributed by atoms with Crippen molar-refractivity contribution < 1.29 is 32.6 Å². The lowest BCUT2D eigenvalue weighted by Gasteiger charge is -2.40. The van der Waals surface area contributed by atoms with Gasteiger partial charge in [-0.25, -0.2) is 13.6 Å². The molecule has 1 aliphatic carbocycles. The second kappa shape index (κ2) is 10.9. The molecule has 0 bridgehead atoms. The molecule has 7 nitrogen and oxygen atoms in total. The molecule has 10 heteroatoms. The number of likely N-dealkylation sites (tertiary alicyclic amines) is 1. The number of hydrogen-bond donors (Lipinski definition) is 1. The minimum atomic E-state index is -1.20. The second-order valence-corrected chi connectivity index (χ2v) is 12.9. The number of ether oxygens (including phenoxy) is 2. The SMILES string of the molecule is CNC(=O)c1cc2c(c(F)c1-c1c(Cl)c(F)cc3c1C[C@](c1ccccc1)([C@@H]1CCCN1C(=O)OC(C)(C)C)O3)CCC2=O. The summed E-state index contributed by atoms with van der Waals surface area (Å²) in [6.45, 7) is 5.82. The zero-order valence-electron chi connectivity index (χ0n) is 25.0. The minimum absolute atomic E-state index is 0.000429. The van der Waals surface area contributed by atoms with Gasteiger partial charge >= 0.3 is 6.09 Å². The van der Waals surface area contributed by atoms with Crippen LogP contribution in [0.4, 0.5) is 13.6 Å². The van der Waals surface area contributed by atoms with E-state index in [1.807, 2.05) is 30.3 Å². The zero-order chi connectivity index (χ0) is 31.6. The summed E-state index contributed by atoms with van der Waals surface area (Å²) in [5, 5.41) is 2.15. The Morgan fingerprint density at radius 3 is 2.50 bits per heavy atom. The molecule has 2 amide bonds. The van der Waals surface area contributed by atoms with Crippen molar-refractivity contribution in [1.29, 1.82) is 0 Å². The second-order valence-electron chi connectivity index (χ2n) is 12.5. The predicted molar refractivity (Wildman–Crippen MR) is 161 cm³/mol. The molecule has 3 aromatic carbocycles. The number of carbonyl (C=O) groups is 3. The van der Waals surface area contributed by atoms with Crippen molar-refractivity contribution >= 4 is 29.4 Å². The summed E-state index contributed by atoms with van der Waals surface area (Å²) in [5.41, 5.74) is -0.761. The summed E-state index contributed by atoms with van der Waals surface area (Å²) in [5.74, 6) is -2.40. The zero-order valence-corrected chi connectivity index (χ0v) is 25.7. The van der Waals surface area contributed by atoms with E-state index in [9.17, 15) is 14.4 Å². The van der Waals surface area contributed by atoms with Gasteiger partial charge in [0, 0.05) is 54.8 Å². The predicted octanol–water partition coefficient (Wildman–Crippen LogP) is 7.00. The topological polar surface area (TPSA) is 84.9 Å². The molecule has 0 radical (unpaired) electrons. The first kappa shape index (κ1) is 30.1. The van der Waals surface area contributed by atoms with Gasteiger partial charge in [0.15, 0.2) is 11.4 Å². The van der Waals surface area contributed by atoms with Gasteiger partial charge in [-0.3, -0.25) is 9.59 Å². The van der Waals surface area contributed by atoms with Crippen LogP contribution in [0, 0.1) is 11.6 Å². The molecule has 2 atom stereocenters. The van der Waals surface area contributed by atoms with E-state index in [-0.39, 0.29) is 63.6 Å². The average molecular weight is 623 g/mol. The van der Waals surface area contributed by atoms with Crippen molar-refractivity contribution in [2.45, 2.75) is 70.1 Å². The summed E-state index contributed by atoms with van der Waals surface area (Å²) in [7, 11) is 1.39. The van der Waals surface area contributed by atoms with Crippen LogP contribution >= 0.6 is 11.6 Å². The molecule has 0 unspecified atom stereocenters. The number of nitrogens with zero attached hydrogens (tertiary/aromatic N) is 1. The molecule has 44 heavy (non-hydrogen) atoms. The van der Waals surface area contributed by atoms with Crippen molar-refractivity contribution in [2.75, 3.05) is 13.6 Å². The summed E-state index contributed by atoms with van der Waals surface area (Å²) in [4.78, 5) is 40.8. The number of carbonyl (C=O) groups excluding carboxylic acids is 3. The van der Waals surface area contributed by atoms with Crippen LogP contribution in [-0.4, -0.2) is 47.9 Å². The van der Waals surface area contributed by atoms with Gasteiger partial charge in [0.05, 0.1) is 16.6 Å². The van der Waals surface area contributed by atoms with Gasteiger partial charge in [-0.05, 0) is 57.2 Å². The number of nitrogens with one attached hydrogen (secondary N) is 1. The lowest BCUT2D eigenvalue weighted by Crippen LogP contribution is -2.53. The number of hydrogen-bond acceptors (Lipinski definition) is 5. The van der Waals surface area contributed by atoms with Gasteiger partial charge in [-0.15, -0.1) is 0 Å². The maximum absolute atomic E-state index is 16.5. The van der Waals surface area contributed by atoms with E-state index in [0.717, 1.165) is 5.56 Å². The highest BCUT2D eigenvalue weighted by Gasteiger charge is 2.54. The molecule has 2 heterocycles. The van der Waals surface area contributed by atoms with Crippen LogP contribution in [0.3, 0.4) is 0 Å². The Hall–Kier alpha value is -3.98. The fourth-order valence-corrected chi connectivity index (χ4v) is 7.09. The first-order valence-electron chi connectivity index (χ1n) is 14.7. The molecular formula is C34H33ClF2N2O5. The molecular weight excluding hydrogens is 590 g/mol. The summed E-state index contributed by atoms with van der Waals surface area (Å²) < 4.78 is 44.6. The fraction of sp³-hybridized carbons (Fsp3) is 0.382. The molecule has 1 N–H and O–H groups in total. The van der Waals surface area contributed by atoms with Crippen molar-refractivity contribution in [1.82, 2.24) is 10.2 Å². The van der Waals surface area contributed by atoms with E-state index in [1.165, 1.54) is 19.2 Å². The van der Waals surface area contributed by atoms with Gasteiger partial charge in [-0.2, -0.15) is 0 Å². The average Bonchev–Trinajstić information content (AvgIpc) is 3.71. The molecule has 0 spiro atoms. The highest BCUT2D eigenvalue weighted by molar-refractivity contribution is 6.34. The van der Waals surface area contributed by atoms with E-state index < -0.39 is 40.9 Å². The third-order valence-corrected chi connectivity index (χ3v) is 9.06. The summed E-state index contributed by atoms with van der Waals surface area (Å²) in [6.07, 6.45) is 1.15. The van der Waals surface area contributed by atoms with Crippen molar-refractivity contribution in [3.05, 3.63) is 86.9 Å². The maximum atomic E-state index is 16.5. The first-order chi connectivity index (χ1) is 20.9. The van der Waals surface area contributed by atoms with Crippen LogP contribution in [0.1, 0.15) is 77.4 Å². The Morgan fingerprint density at radius 1 is 1.09 bits per heavy atom. The van der Waals surface area contributed by atoms with Crippen molar-refractivity contribution in [3.8, 4) is 16.9 Å². The normalized spacial score (nSPS) is 20.8. The molecule has 6 rings (SSSR count). The lowest BCUT2D eigenvalue weighted by molar-refractivity contribution is -0.0216. The summed E-state index contributed by atoms with van der Waals surface area (Å²) >= 11 is 6.65. The van der Waals surface area contributed by atoms with Gasteiger partial charge in [0.25, 0.3) is 5.91 Å². The molecule has 1 fully saturated rings. The van der Waals surface area contributed by atoms with E-state index >= 15 is 8.78 Å². The number of halogens is 3. The number of benzene rings is 3. The Labute approximate surface area is 259 Å². The third-order valence-electron chi connectivity index (χ3n) is 8.69. The van der Waals surface area contributed by atoms with Gasteiger partial charge in [-0.1, -0.05) is 41.9 Å². The molecule has 1 saturated heterocycles.